The van der Waals surface area contributed by atoms with Gasteiger partial charge in [0.15, 0.2) is 5.90 Å². The molecule has 0 saturated heterocycles. The summed E-state index contributed by atoms with van der Waals surface area (Å²) in [7, 11) is 0. The van der Waals surface area contributed by atoms with Crippen LogP contribution in [0, 0.1) is 5.41 Å². The van der Waals surface area contributed by atoms with Crippen molar-refractivity contribution in [2.45, 2.75) is 19.5 Å². The Kier molecular flexibility index (Phi) is 3.34. The summed E-state index contributed by atoms with van der Waals surface area (Å²) in [5, 5.41) is 7.21. The van der Waals surface area contributed by atoms with Crippen LogP contribution in [0.25, 0.3) is 0 Å². The second-order valence-electron chi connectivity index (χ2n) is 2.90. The van der Waals surface area contributed by atoms with Crippen molar-refractivity contribution in [2.75, 3.05) is 0 Å². The predicted molar refractivity (Wildman–Crippen MR) is 50.1 cm³/mol. The number of alkyl halides is 3. The topological polar surface area (TPSA) is 33.1 Å². The average molecular weight is 217 g/mol. The molecule has 0 saturated carbocycles. The van der Waals surface area contributed by atoms with Gasteiger partial charge in [0.1, 0.15) is 5.75 Å². The molecule has 0 aromatic heterocycles. The maximum absolute atomic E-state index is 12.2. The summed E-state index contributed by atoms with van der Waals surface area (Å²) in [5.74, 6) is 0.268. The Morgan fingerprint density at radius 2 is 1.80 bits per heavy atom. The van der Waals surface area contributed by atoms with Crippen molar-refractivity contribution in [2.24, 2.45) is 0 Å². The van der Waals surface area contributed by atoms with Crippen molar-refractivity contribution < 1.29 is 17.9 Å². The lowest BCUT2D eigenvalue weighted by Crippen LogP contribution is -2.06. The van der Waals surface area contributed by atoms with Crippen molar-refractivity contribution in [1.29, 1.82) is 5.41 Å². The van der Waals surface area contributed by atoms with Gasteiger partial charge in [0.25, 0.3) is 0 Å². The molecule has 0 heterocycles. The molecule has 0 aliphatic carbocycles. The van der Waals surface area contributed by atoms with Gasteiger partial charge in [0.05, 0.1) is 5.56 Å². The number of rotatable bonds is 2. The van der Waals surface area contributed by atoms with Gasteiger partial charge in [-0.2, -0.15) is 13.2 Å². The summed E-state index contributed by atoms with van der Waals surface area (Å²) in [6.45, 7) is 1.73. The highest BCUT2D eigenvalue weighted by atomic mass is 19.4. The van der Waals surface area contributed by atoms with Crippen LogP contribution in [0.1, 0.15) is 18.9 Å². The van der Waals surface area contributed by atoms with Gasteiger partial charge in [-0.15, -0.1) is 0 Å². The highest BCUT2D eigenvalue weighted by Gasteiger charge is 2.30. The standard InChI is InChI=1S/C10H10F3NO/c1-2-9(14)15-8-5-3-7(4-6-8)10(11,12)13/h3-6,14H,2H2,1H3. The second-order valence-corrected chi connectivity index (χ2v) is 2.90. The van der Waals surface area contributed by atoms with Gasteiger partial charge in [-0.05, 0) is 24.3 Å². The van der Waals surface area contributed by atoms with Crippen LogP contribution >= 0.6 is 0 Å². The molecule has 0 spiro atoms. The number of ether oxygens (including phenoxy) is 1. The maximum Gasteiger partial charge on any atom is 0.416 e. The SMILES string of the molecule is CCC(=N)Oc1ccc(C(F)(F)F)cc1. The summed E-state index contributed by atoms with van der Waals surface area (Å²) >= 11 is 0. The molecular formula is C10H10F3NO. The molecule has 0 aliphatic heterocycles. The minimum absolute atomic E-state index is 0.0229. The first-order valence-electron chi connectivity index (χ1n) is 4.36. The van der Waals surface area contributed by atoms with E-state index in [0.717, 1.165) is 12.1 Å². The van der Waals surface area contributed by atoms with E-state index in [1.807, 2.05) is 0 Å². The quantitative estimate of drug-likeness (QED) is 0.597. The third kappa shape index (κ3) is 3.27. The Morgan fingerprint density at radius 1 is 1.27 bits per heavy atom. The Hall–Kier alpha value is -1.52. The average Bonchev–Trinajstić information content (AvgIpc) is 2.17. The molecule has 15 heavy (non-hydrogen) atoms. The highest BCUT2D eigenvalue weighted by Crippen LogP contribution is 2.30. The molecule has 2 nitrogen and oxygen atoms in total. The van der Waals surface area contributed by atoms with Crippen LogP contribution in [0.3, 0.4) is 0 Å². The van der Waals surface area contributed by atoms with E-state index in [1.165, 1.54) is 12.1 Å². The van der Waals surface area contributed by atoms with Crippen LogP contribution in [0.2, 0.25) is 0 Å². The van der Waals surface area contributed by atoms with Gasteiger partial charge in [-0.1, -0.05) is 6.92 Å². The Labute approximate surface area is 85.2 Å². The van der Waals surface area contributed by atoms with E-state index < -0.39 is 11.7 Å². The summed E-state index contributed by atoms with van der Waals surface area (Å²) in [6.07, 6.45) is -3.93. The molecule has 0 unspecified atom stereocenters. The maximum atomic E-state index is 12.2. The van der Waals surface area contributed by atoms with Crippen molar-refractivity contribution >= 4 is 5.90 Å². The number of hydrogen-bond donors (Lipinski definition) is 1. The zero-order valence-electron chi connectivity index (χ0n) is 8.06. The molecule has 5 heteroatoms. The number of halogens is 3. The highest BCUT2D eigenvalue weighted by molar-refractivity contribution is 5.74. The summed E-state index contributed by atoms with van der Waals surface area (Å²) in [4.78, 5) is 0. The first-order chi connectivity index (χ1) is 6.93. The minimum Gasteiger partial charge on any atom is -0.444 e. The monoisotopic (exact) mass is 217 g/mol. The van der Waals surface area contributed by atoms with Gasteiger partial charge in [-0.3, -0.25) is 5.41 Å². The first-order valence-corrected chi connectivity index (χ1v) is 4.36. The van der Waals surface area contributed by atoms with Crippen molar-refractivity contribution in [3.63, 3.8) is 0 Å². The molecule has 1 aromatic rings. The zero-order valence-corrected chi connectivity index (χ0v) is 8.06. The molecule has 1 aromatic carbocycles. The normalized spacial score (nSPS) is 11.2. The summed E-state index contributed by atoms with van der Waals surface area (Å²) in [5.41, 5.74) is -0.724. The molecule has 0 bridgehead atoms. The molecule has 82 valence electrons. The molecule has 0 aliphatic rings. The number of benzene rings is 1. The third-order valence-corrected chi connectivity index (χ3v) is 1.74. The van der Waals surface area contributed by atoms with Gasteiger partial charge < -0.3 is 4.74 Å². The minimum atomic E-state index is -4.34. The van der Waals surface area contributed by atoms with Crippen molar-refractivity contribution in [3.05, 3.63) is 29.8 Å². The van der Waals surface area contributed by atoms with E-state index in [1.54, 1.807) is 6.92 Å². The Morgan fingerprint density at radius 3 is 2.20 bits per heavy atom. The molecule has 1 N–H and O–H groups in total. The van der Waals surface area contributed by atoms with E-state index in [-0.39, 0.29) is 11.6 Å². The second kappa shape index (κ2) is 4.33. The van der Waals surface area contributed by atoms with Gasteiger partial charge in [0.2, 0.25) is 0 Å². The fourth-order valence-corrected chi connectivity index (χ4v) is 0.926. The van der Waals surface area contributed by atoms with Crippen LogP contribution < -0.4 is 4.74 Å². The van der Waals surface area contributed by atoms with E-state index in [2.05, 4.69) is 0 Å². The number of hydrogen-bond acceptors (Lipinski definition) is 2. The molecule has 0 radical (unpaired) electrons. The molecule has 1 rings (SSSR count). The lowest BCUT2D eigenvalue weighted by molar-refractivity contribution is -0.137. The van der Waals surface area contributed by atoms with E-state index >= 15 is 0 Å². The van der Waals surface area contributed by atoms with Gasteiger partial charge >= 0.3 is 6.18 Å². The smallest absolute Gasteiger partial charge is 0.416 e. The first kappa shape index (κ1) is 11.6. The number of nitrogens with one attached hydrogen (secondary N) is 1. The van der Waals surface area contributed by atoms with Gasteiger partial charge in [-0.25, -0.2) is 0 Å². The van der Waals surface area contributed by atoms with E-state index in [9.17, 15) is 13.2 Å². The summed E-state index contributed by atoms with van der Waals surface area (Å²) in [6, 6.07) is 4.26. The third-order valence-electron chi connectivity index (χ3n) is 1.74. The van der Waals surface area contributed by atoms with Crippen LogP contribution in [-0.2, 0) is 6.18 Å². The van der Waals surface area contributed by atoms with E-state index in [4.69, 9.17) is 10.1 Å². The van der Waals surface area contributed by atoms with Crippen LogP contribution in [0.15, 0.2) is 24.3 Å². The molecule has 0 fully saturated rings. The molecular weight excluding hydrogens is 207 g/mol. The Balaban J connectivity index is 2.77. The van der Waals surface area contributed by atoms with Crippen molar-refractivity contribution in [1.82, 2.24) is 0 Å². The fraction of sp³-hybridized carbons (Fsp3) is 0.300. The molecule has 0 amide bonds. The zero-order chi connectivity index (χ0) is 11.5. The largest absolute Gasteiger partial charge is 0.444 e. The lowest BCUT2D eigenvalue weighted by Gasteiger charge is -2.08. The predicted octanol–water partition coefficient (Wildman–Crippen LogP) is 3.47. The van der Waals surface area contributed by atoms with Crippen molar-refractivity contribution in [3.8, 4) is 5.75 Å². The fourth-order valence-electron chi connectivity index (χ4n) is 0.926. The summed E-state index contributed by atoms with van der Waals surface area (Å²) < 4.78 is 41.4. The van der Waals surface area contributed by atoms with E-state index in [0.29, 0.717) is 6.42 Å². The lowest BCUT2D eigenvalue weighted by atomic mass is 10.2. The van der Waals surface area contributed by atoms with Gasteiger partial charge in [0, 0.05) is 6.42 Å². The molecule has 0 atom stereocenters. The van der Waals surface area contributed by atoms with Crippen LogP contribution in [-0.4, -0.2) is 5.90 Å². The van der Waals surface area contributed by atoms with Crippen LogP contribution in [0.5, 0.6) is 5.75 Å². The van der Waals surface area contributed by atoms with Crippen LogP contribution in [0.4, 0.5) is 13.2 Å². The Bertz CT molecular complexity index is 343.